The SMILES string of the molecule is CNC(=O)C(c1ccccc1)(c1ccc(C)cc1)c1ccc(F)cc1. The van der Waals surface area contributed by atoms with Gasteiger partial charge >= 0.3 is 0 Å². The Morgan fingerprint density at radius 2 is 1.28 bits per heavy atom. The molecule has 3 aromatic carbocycles. The van der Waals surface area contributed by atoms with Gasteiger partial charge in [-0.1, -0.05) is 72.3 Å². The zero-order valence-corrected chi connectivity index (χ0v) is 14.3. The molecule has 1 amide bonds. The number of hydrogen-bond acceptors (Lipinski definition) is 1. The maximum atomic E-state index is 13.5. The molecule has 2 nitrogen and oxygen atoms in total. The van der Waals surface area contributed by atoms with Gasteiger partial charge in [-0.15, -0.1) is 0 Å². The molecule has 0 bridgehead atoms. The van der Waals surface area contributed by atoms with Crippen LogP contribution in [0, 0.1) is 12.7 Å². The van der Waals surface area contributed by atoms with Crippen molar-refractivity contribution in [2.45, 2.75) is 12.3 Å². The summed E-state index contributed by atoms with van der Waals surface area (Å²) in [6.45, 7) is 2.01. The van der Waals surface area contributed by atoms with Gasteiger partial charge in [0.25, 0.3) is 0 Å². The lowest BCUT2D eigenvalue weighted by Gasteiger charge is -2.34. The molecular weight excluding hydrogens is 313 g/mol. The van der Waals surface area contributed by atoms with E-state index in [4.69, 9.17) is 0 Å². The van der Waals surface area contributed by atoms with Crippen LogP contribution in [0.3, 0.4) is 0 Å². The molecule has 0 fully saturated rings. The smallest absolute Gasteiger partial charge is 0.239 e. The molecule has 0 saturated carbocycles. The third-order valence-electron chi connectivity index (χ3n) is 4.54. The quantitative estimate of drug-likeness (QED) is 0.712. The molecule has 0 radical (unpaired) electrons. The molecule has 0 aromatic heterocycles. The molecule has 0 aliphatic rings. The van der Waals surface area contributed by atoms with E-state index in [-0.39, 0.29) is 11.7 Å². The van der Waals surface area contributed by atoms with Crippen molar-refractivity contribution in [3.63, 3.8) is 0 Å². The predicted molar refractivity (Wildman–Crippen MR) is 98.0 cm³/mol. The van der Waals surface area contributed by atoms with Crippen molar-refractivity contribution < 1.29 is 9.18 Å². The van der Waals surface area contributed by atoms with Crippen LogP contribution in [0.25, 0.3) is 0 Å². The summed E-state index contributed by atoms with van der Waals surface area (Å²) in [6.07, 6.45) is 0. The van der Waals surface area contributed by atoms with Gasteiger partial charge in [0.1, 0.15) is 11.2 Å². The minimum Gasteiger partial charge on any atom is -0.358 e. The summed E-state index contributed by atoms with van der Waals surface area (Å²) in [7, 11) is 1.62. The summed E-state index contributed by atoms with van der Waals surface area (Å²) in [4.78, 5) is 13.2. The highest BCUT2D eigenvalue weighted by molar-refractivity contribution is 5.96. The predicted octanol–water partition coefficient (Wildman–Crippen LogP) is 4.21. The fourth-order valence-corrected chi connectivity index (χ4v) is 3.27. The van der Waals surface area contributed by atoms with Crippen molar-refractivity contribution in [2.75, 3.05) is 7.05 Å². The van der Waals surface area contributed by atoms with E-state index in [0.29, 0.717) is 0 Å². The van der Waals surface area contributed by atoms with E-state index in [9.17, 15) is 9.18 Å². The van der Waals surface area contributed by atoms with E-state index in [1.54, 1.807) is 19.2 Å². The largest absolute Gasteiger partial charge is 0.358 e. The van der Waals surface area contributed by atoms with Gasteiger partial charge in [-0.2, -0.15) is 0 Å². The highest BCUT2D eigenvalue weighted by atomic mass is 19.1. The lowest BCUT2D eigenvalue weighted by atomic mass is 9.68. The first-order valence-electron chi connectivity index (χ1n) is 8.20. The number of nitrogens with one attached hydrogen (secondary N) is 1. The fraction of sp³-hybridized carbons (Fsp3) is 0.136. The molecule has 126 valence electrons. The van der Waals surface area contributed by atoms with Gasteiger partial charge in [0.2, 0.25) is 5.91 Å². The van der Waals surface area contributed by atoms with Crippen LogP contribution in [0.15, 0.2) is 78.9 Å². The van der Waals surface area contributed by atoms with E-state index in [0.717, 1.165) is 22.3 Å². The van der Waals surface area contributed by atoms with E-state index in [2.05, 4.69) is 5.32 Å². The Balaban J connectivity index is 2.37. The molecule has 0 saturated heterocycles. The zero-order valence-electron chi connectivity index (χ0n) is 14.3. The van der Waals surface area contributed by atoms with Crippen molar-refractivity contribution in [1.29, 1.82) is 0 Å². The Labute approximate surface area is 147 Å². The third kappa shape index (κ3) is 2.93. The first-order chi connectivity index (χ1) is 12.1. The summed E-state index contributed by atoms with van der Waals surface area (Å²) in [5.41, 5.74) is 2.47. The second kappa shape index (κ2) is 6.89. The molecule has 0 aliphatic heterocycles. The van der Waals surface area contributed by atoms with Crippen molar-refractivity contribution in [2.24, 2.45) is 0 Å². The molecule has 1 atom stereocenters. The Bertz CT molecular complexity index is 809. The minimum absolute atomic E-state index is 0.158. The van der Waals surface area contributed by atoms with Gasteiger partial charge < -0.3 is 5.32 Å². The number of benzene rings is 3. The number of rotatable bonds is 4. The van der Waals surface area contributed by atoms with E-state index in [1.165, 1.54) is 12.1 Å². The lowest BCUT2D eigenvalue weighted by Crippen LogP contribution is -2.45. The number of amides is 1. The number of halogens is 1. The second-order valence-corrected chi connectivity index (χ2v) is 6.07. The Morgan fingerprint density at radius 3 is 1.80 bits per heavy atom. The first-order valence-corrected chi connectivity index (χ1v) is 8.20. The van der Waals surface area contributed by atoms with Gasteiger partial charge in [0.05, 0.1) is 0 Å². The van der Waals surface area contributed by atoms with E-state index in [1.807, 2.05) is 61.5 Å². The van der Waals surface area contributed by atoms with E-state index >= 15 is 0 Å². The van der Waals surface area contributed by atoms with Gasteiger partial charge in [0, 0.05) is 7.05 Å². The second-order valence-electron chi connectivity index (χ2n) is 6.07. The standard InChI is InChI=1S/C22H20FNO/c1-16-8-10-18(11-9-16)22(21(25)24-2,17-6-4-3-5-7-17)19-12-14-20(23)15-13-19/h3-15H,1-2H3,(H,24,25). The van der Waals surface area contributed by atoms with Crippen LogP contribution >= 0.6 is 0 Å². The van der Waals surface area contributed by atoms with Crippen LogP contribution in [0.4, 0.5) is 4.39 Å². The number of hydrogen-bond donors (Lipinski definition) is 1. The molecular formula is C22H20FNO. The van der Waals surface area contributed by atoms with Gasteiger partial charge in [-0.05, 0) is 35.7 Å². The van der Waals surface area contributed by atoms with Crippen LogP contribution in [-0.4, -0.2) is 13.0 Å². The van der Waals surface area contributed by atoms with Crippen molar-refractivity contribution in [1.82, 2.24) is 5.32 Å². The molecule has 25 heavy (non-hydrogen) atoms. The molecule has 0 heterocycles. The lowest BCUT2D eigenvalue weighted by molar-refractivity contribution is -0.123. The average Bonchev–Trinajstić information content (AvgIpc) is 2.65. The molecule has 3 heteroatoms. The summed E-state index contributed by atoms with van der Waals surface area (Å²) in [6, 6.07) is 23.6. The monoisotopic (exact) mass is 333 g/mol. The van der Waals surface area contributed by atoms with Gasteiger partial charge in [-0.3, -0.25) is 4.79 Å². The molecule has 1 N–H and O–H groups in total. The third-order valence-corrected chi connectivity index (χ3v) is 4.54. The fourth-order valence-electron chi connectivity index (χ4n) is 3.27. The van der Waals surface area contributed by atoms with Crippen LogP contribution in [0.5, 0.6) is 0 Å². The zero-order chi connectivity index (χ0) is 17.9. The number of carbonyl (C=O) groups excluding carboxylic acids is 1. The molecule has 0 aliphatic carbocycles. The maximum absolute atomic E-state index is 13.5. The topological polar surface area (TPSA) is 29.1 Å². The van der Waals surface area contributed by atoms with Gasteiger partial charge in [0.15, 0.2) is 0 Å². The molecule has 1 unspecified atom stereocenters. The number of likely N-dealkylation sites (N-methyl/N-ethyl adjacent to an activating group) is 1. The molecule has 3 rings (SSSR count). The first kappa shape index (κ1) is 16.9. The normalized spacial score (nSPS) is 13.1. The highest BCUT2D eigenvalue weighted by Crippen LogP contribution is 2.39. The average molecular weight is 333 g/mol. The maximum Gasteiger partial charge on any atom is 0.239 e. The van der Waals surface area contributed by atoms with Crippen molar-refractivity contribution >= 4 is 5.91 Å². The number of aryl methyl sites for hydroxylation is 1. The van der Waals surface area contributed by atoms with Crippen LogP contribution in [0.1, 0.15) is 22.3 Å². The van der Waals surface area contributed by atoms with E-state index < -0.39 is 5.41 Å². The summed E-state index contributed by atoms with van der Waals surface area (Å²) in [5, 5.41) is 2.80. The Hall–Kier alpha value is -2.94. The van der Waals surface area contributed by atoms with Crippen molar-refractivity contribution in [3.05, 3.63) is 107 Å². The van der Waals surface area contributed by atoms with Gasteiger partial charge in [-0.25, -0.2) is 4.39 Å². The number of carbonyl (C=O) groups is 1. The molecule has 0 spiro atoms. The summed E-state index contributed by atoms with van der Waals surface area (Å²) in [5.74, 6) is -0.485. The van der Waals surface area contributed by atoms with Crippen LogP contribution in [0.2, 0.25) is 0 Å². The Kier molecular flexibility index (Phi) is 4.66. The van der Waals surface area contributed by atoms with Crippen LogP contribution < -0.4 is 5.32 Å². The Morgan fingerprint density at radius 1 is 0.800 bits per heavy atom. The van der Waals surface area contributed by atoms with Crippen LogP contribution in [-0.2, 0) is 10.2 Å². The molecule has 3 aromatic rings. The minimum atomic E-state index is -1.04. The summed E-state index contributed by atoms with van der Waals surface area (Å²) >= 11 is 0. The highest BCUT2D eigenvalue weighted by Gasteiger charge is 2.43. The van der Waals surface area contributed by atoms with Crippen molar-refractivity contribution in [3.8, 4) is 0 Å². The summed E-state index contributed by atoms with van der Waals surface area (Å²) < 4.78 is 13.5.